The summed E-state index contributed by atoms with van der Waals surface area (Å²) >= 11 is 1.75. The van der Waals surface area contributed by atoms with Gasteiger partial charge in [-0.15, -0.1) is 35.3 Å². The quantitative estimate of drug-likeness (QED) is 0.337. The zero-order chi connectivity index (χ0) is 18.1. The molecule has 0 saturated heterocycles. The van der Waals surface area contributed by atoms with E-state index in [9.17, 15) is 4.39 Å². The molecule has 1 heterocycles. The summed E-state index contributed by atoms with van der Waals surface area (Å²) in [4.78, 5) is 9.93. The highest BCUT2D eigenvalue weighted by Gasteiger charge is 2.05. The lowest BCUT2D eigenvalue weighted by Gasteiger charge is -2.12. The van der Waals surface area contributed by atoms with Crippen molar-refractivity contribution in [3.05, 3.63) is 51.2 Å². The van der Waals surface area contributed by atoms with Crippen LogP contribution in [0.4, 0.5) is 4.39 Å². The Bertz CT molecular complexity index is 708. The number of nitrogens with zero attached hydrogens (tertiary/aromatic N) is 2. The number of rotatable bonds is 8. The van der Waals surface area contributed by atoms with E-state index in [0.29, 0.717) is 18.1 Å². The number of methoxy groups -OCH3 is 1. The van der Waals surface area contributed by atoms with Crippen LogP contribution in [0.5, 0.6) is 0 Å². The van der Waals surface area contributed by atoms with Gasteiger partial charge in [-0.25, -0.2) is 9.37 Å². The van der Waals surface area contributed by atoms with E-state index in [1.165, 1.54) is 10.9 Å². The third-order valence-corrected chi connectivity index (χ3v) is 4.88. The van der Waals surface area contributed by atoms with Gasteiger partial charge in [0.2, 0.25) is 0 Å². The van der Waals surface area contributed by atoms with Crippen LogP contribution in [0, 0.1) is 5.82 Å². The van der Waals surface area contributed by atoms with Crippen LogP contribution in [0.25, 0.3) is 0 Å². The highest BCUT2D eigenvalue weighted by Crippen LogP contribution is 2.13. The van der Waals surface area contributed by atoms with E-state index in [4.69, 9.17) is 4.74 Å². The van der Waals surface area contributed by atoms with E-state index in [-0.39, 0.29) is 36.4 Å². The first-order valence-corrected chi connectivity index (χ1v) is 9.12. The molecule has 0 unspecified atom stereocenters. The number of hydrogen-bond donors (Lipinski definition) is 2. The maximum absolute atomic E-state index is 13.6. The monoisotopic (exact) mass is 492 g/mol. The van der Waals surface area contributed by atoms with Gasteiger partial charge in [0.25, 0.3) is 0 Å². The van der Waals surface area contributed by atoms with Gasteiger partial charge in [0.15, 0.2) is 5.96 Å². The minimum Gasteiger partial charge on any atom is -0.380 e. The second-order valence-electron chi connectivity index (χ2n) is 5.54. The number of hydrogen-bond acceptors (Lipinski definition) is 4. The highest BCUT2D eigenvalue weighted by molar-refractivity contribution is 14.0. The minimum absolute atomic E-state index is 0. The normalized spacial score (nSPS) is 11.2. The number of aromatic nitrogens is 1. The van der Waals surface area contributed by atoms with Crippen LogP contribution >= 0.6 is 35.3 Å². The maximum atomic E-state index is 13.6. The van der Waals surface area contributed by atoms with Gasteiger partial charge in [-0.3, -0.25) is 4.99 Å². The number of nitrogens with one attached hydrogen (secondary N) is 2. The molecule has 144 valence electrons. The topological polar surface area (TPSA) is 58.5 Å². The number of aryl methyl sites for hydroxylation is 1. The molecule has 0 saturated carbocycles. The zero-order valence-corrected chi connectivity index (χ0v) is 18.5. The van der Waals surface area contributed by atoms with Crippen molar-refractivity contribution in [3.8, 4) is 0 Å². The highest BCUT2D eigenvalue weighted by atomic mass is 127. The molecule has 26 heavy (non-hydrogen) atoms. The van der Waals surface area contributed by atoms with Crippen molar-refractivity contribution in [2.24, 2.45) is 4.99 Å². The van der Waals surface area contributed by atoms with Crippen LogP contribution < -0.4 is 10.6 Å². The number of benzene rings is 1. The van der Waals surface area contributed by atoms with Gasteiger partial charge in [0.05, 0.1) is 11.6 Å². The summed E-state index contributed by atoms with van der Waals surface area (Å²) in [5.74, 6) is 0.466. The molecule has 0 fully saturated rings. The lowest BCUT2D eigenvalue weighted by Crippen LogP contribution is -2.37. The van der Waals surface area contributed by atoms with Crippen LogP contribution in [0.2, 0.25) is 0 Å². The average molecular weight is 492 g/mol. The Labute approximate surface area is 175 Å². The van der Waals surface area contributed by atoms with Crippen molar-refractivity contribution in [2.75, 3.05) is 20.7 Å². The Morgan fingerprint density at radius 3 is 2.81 bits per heavy atom. The van der Waals surface area contributed by atoms with Crippen LogP contribution in [0.3, 0.4) is 0 Å². The largest absolute Gasteiger partial charge is 0.380 e. The molecule has 0 atom stereocenters. The van der Waals surface area contributed by atoms with E-state index < -0.39 is 0 Å². The summed E-state index contributed by atoms with van der Waals surface area (Å²) in [7, 11) is 3.29. The molecular formula is C18H26FIN4OS. The molecule has 0 aliphatic rings. The fourth-order valence-corrected chi connectivity index (χ4v) is 3.19. The van der Waals surface area contributed by atoms with Crippen LogP contribution in [-0.4, -0.2) is 31.6 Å². The summed E-state index contributed by atoms with van der Waals surface area (Å²) in [5, 5.41) is 7.64. The maximum Gasteiger partial charge on any atom is 0.191 e. The van der Waals surface area contributed by atoms with E-state index in [0.717, 1.165) is 30.0 Å². The Morgan fingerprint density at radius 1 is 1.35 bits per heavy atom. The lowest BCUT2D eigenvalue weighted by atomic mass is 10.1. The Hall–Kier alpha value is -1.26. The Morgan fingerprint density at radius 2 is 2.15 bits per heavy atom. The van der Waals surface area contributed by atoms with Crippen LogP contribution in [0.1, 0.15) is 27.9 Å². The molecule has 1 aromatic heterocycles. The Balaban J connectivity index is 0.00000338. The van der Waals surface area contributed by atoms with Crippen molar-refractivity contribution in [3.63, 3.8) is 0 Å². The zero-order valence-electron chi connectivity index (χ0n) is 15.3. The van der Waals surface area contributed by atoms with Gasteiger partial charge >= 0.3 is 0 Å². The van der Waals surface area contributed by atoms with Crippen LogP contribution in [0.15, 0.2) is 29.4 Å². The molecule has 0 radical (unpaired) electrons. The van der Waals surface area contributed by atoms with Crippen molar-refractivity contribution < 1.29 is 9.13 Å². The SMILES string of the molecule is CCc1cnc(CCNC(=NC)NCc2ccc(F)c(COC)c2)s1.I. The van der Waals surface area contributed by atoms with E-state index >= 15 is 0 Å². The van der Waals surface area contributed by atoms with Gasteiger partial charge in [0.1, 0.15) is 5.82 Å². The summed E-state index contributed by atoms with van der Waals surface area (Å²) < 4.78 is 18.6. The molecule has 0 spiro atoms. The summed E-state index contributed by atoms with van der Waals surface area (Å²) in [6.45, 7) is 3.72. The van der Waals surface area contributed by atoms with Gasteiger partial charge in [-0.2, -0.15) is 0 Å². The molecule has 0 aliphatic heterocycles. The minimum atomic E-state index is -0.247. The molecular weight excluding hydrogens is 466 g/mol. The summed E-state index contributed by atoms with van der Waals surface area (Å²) in [5.41, 5.74) is 1.53. The molecule has 1 aromatic carbocycles. The number of ether oxygens (including phenoxy) is 1. The number of halogens is 2. The van der Waals surface area contributed by atoms with Crippen molar-refractivity contribution in [2.45, 2.75) is 32.9 Å². The first-order valence-electron chi connectivity index (χ1n) is 8.30. The second kappa shape index (κ2) is 12.2. The second-order valence-corrected chi connectivity index (χ2v) is 6.73. The first-order chi connectivity index (χ1) is 12.2. The van der Waals surface area contributed by atoms with Gasteiger partial charge in [0, 0.05) is 50.3 Å². The lowest BCUT2D eigenvalue weighted by molar-refractivity contribution is 0.181. The standard InChI is InChI=1S/C18H25FN4OS.HI/c1-4-15-11-22-17(25-15)7-8-21-18(20-2)23-10-13-5-6-16(19)14(9-13)12-24-3;/h5-6,9,11H,4,7-8,10,12H2,1-3H3,(H2,20,21,23);1H. The first kappa shape index (κ1) is 22.8. The molecule has 2 rings (SSSR count). The molecule has 8 heteroatoms. The van der Waals surface area contributed by atoms with Gasteiger partial charge < -0.3 is 15.4 Å². The van der Waals surface area contributed by atoms with E-state index in [2.05, 4.69) is 27.5 Å². The number of aliphatic imine (C=N–C) groups is 1. The van der Waals surface area contributed by atoms with Crippen LogP contribution in [-0.2, 0) is 30.7 Å². The number of thiazole rings is 1. The molecule has 0 bridgehead atoms. The predicted molar refractivity (Wildman–Crippen MR) is 116 cm³/mol. The molecule has 2 N–H and O–H groups in total. The smallest absolute Gasteiger partial charge is 0.191 e. The van der Waals surface area contributed by atoms with Crippen molar-refractivity contribution in [1.29, 1.82) is 0 Å². The van der Waals surface area contributed by atoms with E-state index in [1.54, 1.807) is 37.6 Å². The molecule has 5 nitrogen and oxygen atoms in total. The van der Waals surface area contributed by atoms with Gasteiger partial charge in [-0.05, 0) is 24.1 Å². The molecule has 0 aliphatic carbocycles. The fraction of sp³-hybridized carbons (Fsp3) is 0.444. The summed E-state index contributed by atoms with van der Waals surface area (Å²) in [6.07, 6.45) is 3.83. The van der Waals surface area contributed by atoms with Gasteiger partial charge in [-0.1, -0.05) is 13.0 Å². The average Bonchev–Trinajstić information content (AvgIpc) is 3.08. The Kier molecular flexibility index (Phi) is 10.7. The predicted octanol–water partition coefficient (Wildman–Crippen LogP) is 3.52. The van der Waals surface area contributed by atoms with E-state index in [1.807, 2.05) is 6.20 Å². The third kappa shape index (κ3) is 7.16. The number of guanidine groups is 1. The molecule has 2 aromatic rings. The third-order valence-electron chi connectivity index (χ3n) is 3.67. The fourth-order valence-electron chi connectivity index (χ4n) is 2.33. The molecule has 0 amide bonds. The van der Waals surface area contributed by atoms with Crippen molar-refractivity contribution in [1.82, 2.24) is 15.6 Å². The van der Waals surface area contributed by atoms with Crippen molar-refractivity contribution >= 4 is 41.3 Å². The summed E-state index contributed by atoms with van der Waals surface area (Å²) in [6, 6.07) is 5.03.